The van der Waals surface area contributed by atoms with Gasteiger partial charge in [0.25, 0.3) is 10.0 Å². The number of benzene rings is 2. The molecule has 4 nitrogen and oxygen atoms in total. The standard InChI is InChI=1S/C15H17BrN2O2S/c1-9-4-5-12(16)7-14(9)18-21(19,20)15-8-13(17)6-10(2)11(15)3/h4-8,18H,17H2,1-3H3. The van der Waals surface area contributed by atoms with Gasteiger partial charge in [-0.3, -0.25) is 4.72 Å². The Hall–Kier alpha value is -1.53. The van der Waals surface area contributed by atoms with E-state index in [2.05, 4.69) is 20.7 Å². The molecule has 0 bridgehead atoms. The molecular weight excluding hydrogens is 352 g/mol. The van der Waals surface area contributed by atoms with E-state index in [1.807, 2.05) is 26.0 Å². The molecule has 0 unspecified atom stereocenters. The molecule has 0 fully saturated rings. The van der Waals surface area contributed by atoms with E-state index < -0.39 is 10.0 Å². The molecule has 0 aliphatic heterocycles. The Morgan fingerprint density at radius 3 is 2.38 bits per heavy atom. The molecule has 2 rings (SSSR count). The fourth-order valence-corrected chi connectivity index (χ4v) is 3.87. The van der Waals surface area contributed by atoms with Crippen LogP contribution in [0.15, 0.2) is 39.7 Å². The zero-order valence-electron chi connectivity index (χ0n) is 12.1. The first-order valence-electron chi connectivity index (χ1n) is 6.36. The van der Waals surface area contributed by atoms with Crippen molar-refractivity contribution in [2.45, 2.75) is 25.7 Å². The molecule has 2 aromatic rings. The zero-order chi connectivity index (χ0) is 15.8. The lowest BCUT2D eigenvalue weighted by atomic mass is 10.1. The van der Waals surface area contributed by atoms with E-state index in [1.165, 1.54) is 6.07 Å². The molecule has 0 aromatic heterocycles. The lowest BCUT2D eigenvalue weighted by molar-refractivity contribution is 0.600. The van der Waals surface area contributed by atoms with Crippen molar-refractivity contribution in [3.05, 3.63) is 51.5 Å². The molecule has 21 heavy (non-hydrogen) atoms. The third-order valence-electron chi connectivity index (χ3n) is 3.38. The van der Waals surface area contributed by atoms with Crippen LogP contribution in [0.2, 0.25) is 0 Å². The zero-order valence-corrected chi connectivity index (χ0v) is 14.5. The second kappa shape index (κ2) is 5.69. The van der Waals surface area contributed by atoms with Gasteiger partial charge in [0.15, 0.2) is 0 Å². The molecule has 0 aliphatic rings. The third kappa shape index (κ3) is 3.39. The summed E-state index contributed by atoms with van der Waals surface area (Å²) >= 11 is 3.34. The summed E-state index contributed by atoms with van der Waals surface area (Å²) in [6.45, 7) is 5.47. The summed E-state index contributed by atoms with van der Waals surface area (Å²) in [5.41, 5.74) is 9.15. The Bertz CT molecular complexity index is 802. The predicted molar refractivity (Wildman–Crippen MR) is 90.0 cm³/mol. The summed E-state index contributed by atoms with van der Waals surface area (Å²) in [7, 11) is -3.68. The number of nitrogen functional groups attached to an aromatic ring is 1. The van der Waals surface area contributed by atoms with Gasteiger partial charge in [-0.25, -0.2) is 8.42 Å². The second-order valence-corrected chi connectivity index (χ2v) is 7.59. The van der Waals surface area contributed by atoms with Crippen molar-refractivity contribution in [2.24, 2.45) is 0 Å². The first-order chi connectivity index (χ1) is 9.70. The van der Waals surface area contributed by atoms with Crippen LogP contribution in [0.5, 0.6) is 0 Å². The molecule has 0 heterocycles. The number of aryl methyl sites for hydroxylation is 2. The van der Waals surface area contributed by atoms with Gasteiger partial charge in [-0.05, 0) is 61.7 Å². The number of sulfonamides is 1. The number of nitrogens with two attached hydrogens (primary N) is 1. The Morgan fingerprint density at radius 2 is 1.71 bits per heavy atom. The maximum Gasteiger partial charge on any atom is 0.262 e. The molecule has 0 amide bonds. The van der Waals surface area contributed by atoms with Gasteiger partial charge < -0.3 is 5.73 Å². The van der Waals surface area contributed by atoms with E-state index in [-0.39, 0.29) is 4.90 Å². The van der Waals surface area contributed by atoms with Gasteiger partial charge in [-0.2, -0.15) is 0 Å². The third-order valence-corrected chi connectivity index (χ3v) is 5.36. The summed E-state index contributed by atoms with van der Waals surface area (Å²) in [6, 6.07) is 8.69. The number of nitrogens with one attached hydrogen (secondary N) is 1. The predicted octanol–water partition coefficient (Wildman–Crippen LogP) is 3.76. The minimum Gasteiger partial charge on any atom is -0.399 e. The summed E-state index contributed by atoms with van der Waals surface area (Å²) in [4.78, 5) is 0.208. The average molecular weight is 369 g/mol. The summed E-state index contributed by atoms with van der Waals surface area (Å²) in [5.74, 6) is 0. The van der Waals surface area contributed by atoms with Crippen LogP contribution >= 0.6 is 15.9 Å². The molecule has 0 spiro atoms. The molecule has 112 valence electrons. The van der Waals surface area contributed by atoms with Crippen LogP contribution < -0.4 is 10.5 Å². The van der Waals surface area contributed by atoms with E-state index in [9.17, 15) is 8.42 Å². The number of rotatable bonds is 3. The van der Waals surface area contributed by atoms with Gasteiger partial charge >= 0.3 is 0 Å². The topological polar surface area (TPSA) is 72.2 Å². The summed E-state index contributed by atoms with van der Waals surface area (Å²) < 4.78 is 28.7. The van der Waals surface area contributed by atoms with Crippen LogP contribution in [0, 0.1) is 20.8 Å². The van der Waals surface area contributed by atoms with Gasteiger partial charge in [0, 0.05) is 10.2 Å². The molecule has 2 aromatic carbocycles. The van der Waals surface area contributed by atoms with Crippen LogP contribution in [-0.2, 0) is 10.0 Å². The van der Waals surface area contributed by atoms with E-state index in [0.717, 1.165) is 15.6 Å². The number of halogens is 1. The monoisotopic (exact) mass is 368 g/mol. The van der Waals surface area contributed by atoms with Crippen LogP contribution in [0.4, 0.5) is 11.4 Å². The van der Waals surface area contributed by atoms with Crippen molar-refractivity contribution < 1.29 is 8.42 Å². The van der Waals surface area contributed by atoms with Crippen molar-refractivity contribution in [2.75, 3.05) is 10.5 Å². The summed E-state index contributed by atoms with van der Waals surface area (Å²) in [5, 5.41) is 0. The lowest BCUT2D eigenvalue weighted by Gasteiger charge is -2.14. The number of hydrogen-bond donors (Lipinski definition) is 2. The van der Waals surface area contributed by atoms with Gasteiger partial charge in [0.05, 0.1) is 10.6 Å². The minimum atomic E-state index is -3.68. The van der Waals surface area contributed by atoms with Crippen LogP contribution in [0.1, 0.15) is 16.7 Å². The van der Waals surface area contributed by atoms with Gasteiger partial charge in [0.1, 0.15) is 0 Å². The van der Waals surface area contributed by atoms with Gasteiger partial charge in [-0.15, -0.1) is 0 Å². The van der Waals surface area contributed by atoms with Crippen molar-refractivity contribution in [3.8, 4) is 0 Å². The van der Waals surface area contributed by atoms with Crippen molar-refractivity contribution in [3.63, 3.8) is 0 Å². The maximum absolute atomic E-state index is 12.6. The highest BCUT2D eigenvalue weighted by Crippen LogP contribution is 2.27. The van der Waals surface area contributed by atoms with E-state index >= 15 is 0 Å². The first kappa shape index (κ1) is 15.9. The highest BCUT2D eigenvalue weighted by Gasteiger charge is 2.19. The Labute approximate surface area is 133 Å². The second-order valence-electron chi connectivity index (χ2n) is 5.03. The van der Waals surface area contributed by atoms with Crippen LogP contribution in [0.3, 0.4) is 0 Å². The molecular formula is C15H17BrN2O2S. The van der Waals surface area contributed by atoms with E-state index in [4.69, 9.17) is 5.73 Å². The minimum absolute atomic E-state index is 0.208. The molecule has 6 heteroatoms. The maximum atomic E-state index is 12.6. The van der Waals surface area contributed by atoms with Crippen LogP contribution in [0.25, 0.3) is 0 Å². The van der Waals surface area contributed by atoms with Crippen molar-refractivity contribution in [1.82, 2.24) is 0 Å². The lowest BCUT2D eigenvalue weighted by Crippen LogP contribution is -2.16. The Morgan fingerprint density at radius 1 is 1.05 bits per heavy atom. The molecule has 3 N–H and O–H groups in total. The SMILES string of the molecule is Cc1ccc(Br)cc1NS(=O)(=O)c1cc(N)cc(C)c1C. The molecule has 0 aliphatic carbocycles. The van der Waals surface area contributed by atoms with Gasteiger partial charge in [0.2, 0.25) is 0 Å². The van der Waals surface area contributed by atoms with E-state index in [1.54, 1.807) is 19.1 Å². The molecule has 0 atom stereocenters. The largest absolute Gasteiger partial charge is 0.399 e. The fourth-order valence-electron chi connectivity index (χ4n) is 2.04. The normalized spacial score (nSPS) is 11.4. The fraction of sp³-hybridized carbons (Fsp3) is 0.200. The Kier molecular flexibility index (Phi) is 4.30. The highest BCUT2D eigenvalue weighted by atomic mass is 79.9. The van der Waals surface area contributed by atoms with Crippen molar-refractivity contribution in [1.29, 1.82) is 0 Å². The number of anilines is 2. The van der Waals surface area contributed by atoms with Crippen LogP contribution in [-0.4, -0.2) is 8.42 Å². The molecule has 0 saturated heterocycles. The molecule has 0 radical (unpaired) electrons. The Balaban J connectivity index is 2.51. The summed E-state index contributed by atoms with van der Waals surface area (Å²) in [6.07, 6.45) is 0. The average Bonchev–Trinajstić information content (AvgIpc) is 2.37. The quantitative estimate of drug-likeness (QED) is 0.810. The first-order valence-corrected chi connectivity index (χ1v) is 8.64. The van der Waals surface area contributed by atoms with E-state index in [0.29, 0.717) is 16.9 Å². The van der Waals surface area contributed by atoms with Crippen molar-refractivity contribution >= 4 is 37.3 Å². The smallest absolute Gasteiger partial charge is 0.262 e. The van der Waals surface area contributed by atoms with Gasteiger partial charge in [-0.1, -0.05) is 22.0 Å². The highest BCUT2D eigenvalue weighted by molar-refractivity contribution is 9.10. The number of hydrogen-bond acceptors (Lipinski definition) is 3. The molecule has 0 saturated carbocycles.